The molecule has 0 aromatic heterocycles. The van der Waals surface area contributed by atoms with Crippen molar-refractivity contribution in [2.45, 2.75) is 52.6 Å². The minimum atomic E-state index is -0.129. The molecule has 106 valence electrons. The van der Waals surface area contributed by atoms with E-state index in [-0.39, 0.29) is 23.0 Å². The molecule has 0 aromatic carbocycles. The number of ether oxygens (including phenoxy) is 1. The fourth-order valence-corrected chi connectivity index (χ4v) is 2.58. The number of esters is 1. The lowest BCUT2D eigenvalue weighted by Crippen LogP contribution is -2.52. The minimum Gasteiger partial charge on any atom is -0.469 e. The van der Waals surface area contributed by atoms with Crippen LogP contribution in [0.25, 0.3) is 0 Å². The molecule has 4 nitrogen and oxygen atoms in total. The first kappa shape index (κ1) is 15.4. The summed E-state index contributed by atoms with van der Waals surface area (Å²) in [7, 11) is 1.46. The highest BCUT2D eigenvalue weighted by Crippen LogP contribution is 2.28. The van der Waals surface area contributed by atoms with E-state index in [4.69, 9.17) is 4.74 Å². The molecule has 1 heterocycles. The summed E-state index contributed by atoms with van der Waals surface area (Å²) < 4.78 is 4.81. The molecule has 4 heteroatoms. The van der Waals surface area contributed by atoms with E-state index in [1.807, 2.05) is 0 Å². The van der Waals surface area contributed by atoms with Gasteiger partial charge in [-0.25, -0.2) is 0 Å². The highest BCUT2D eigenvalue weighted by Gasteiger charge is 2.37. The third-order valence-electron chi connectivity index (χ3n) is 3.51. The Morgan fingerprint density at radius 2 is 2.06 bits per heavy atom. The molecule has 1 saturated heterocycles. The zero-order valence-electron chi connectivity index (χ0n) is 12.7. The third-order valence-corrected chi connectivity index (χ3v) is 3.51. The van der Waals surface area contributed by atoms with Gasteiger partial charge in [0.1, 0.15) is 0 Å². The van der Waals surface area contributed by atoms with Crippen LogP contribution in [0.5, 0.6) is 0 Å². The summed E-state index contributed by atoms with van der Waals surface area (Å²) in [5, 5.41) is 3.47. The van der Waals surface area contributed by atoms with Crippen LogP contribution in [0.1, 0.15) is 41.0 Å². The second-order valence-corrected chi connectivity index (χ2v) is 7.03. The zero-order chi connectivity index (χ0) is 14.0. The fraction of sp³-hybridized carbons (Fsp3) is 0.929. The first-order valence-corrected chi connectivity index (χ1v) is 6.70. The predicted molar refractivity (Wildman–Crippen MR) is 73.5 cm³/mol. The van der Waals surface area contributed by atoms with Gasteiger partial charge >= 0.3 is 5.97 Å². The summed E-state index contributed by atoms with van der Waals surface area (Å²) in [6.45, 7) is 14.0. The summed E-state index contributed by atoms with van der Waals surface area (Å²) in [4.78, 5) is 14.0. The van der Waals surface area contributed by atoms with Crippen LogP contribution >= 0.6 is 0 Å². The van der Waals surface area contributed by atoms with Crippen LogP contribution < -0.4 is 5.32 Å². The molecule has 1 aliphatic heterocycles. The van der Waals surface area contributed by atoms with Crippen LogP contribution in [0.3, 0.4) is 0 Å². The maximum atomic E-state index is 11.5. The molecule has 1 fully saturated rings. The number of carbonyl (C=O) groups is 1. The number of carbonyl (C=O) groups excluding carboxylic acids is 1. The van der Waals surface area contributed by atoms with Gasteiger partial charge in [-0.2, -0.15) is 0 Å². The van der Waals surface area contributed by atoms with Gasteiger partial charge in [0.25, 0.3) is 0 Å². The first-order chi connectivity index (χ1) is 8.15. The molecule has 0 amide bonds. The maximum absolute atomic E-state index is 11.5. The van der Waals surface area contributed by atoms with Gasteiger partial charge in [-0.05, 0) is 26.2 Å². The summed E-state index contributed by atoms with van der Waals surface area (Å²) in [6, 6.07) is 0.208. The van der Waals surface area contributed by atoms with Crippen molar-refractivity contribution in [2.75, 3.05) is 26.7 Å². The molecular weight excluding hydrogens is 228 g/mol. The van der Waals surface area contributed by atoms with Crippen LogP contribution in [0.2, 0.25) is 0 Å². The monoisotopic (exact) mass is 256 g/mol. The van der Waals surface area contributed by atoms with Crippen molar-refractivity contribution in [1.82, 2.24) is 10.2 Å². The lowest BCUT2D eigenvalue weighted by molar-refractivity contribution is -0.142. The molecule has 0 bridgehead atoms. The standard InChI is InChI=1S/C14H28N2O2/c1-13(2,3)16-10-14(4,5)9-15-8-11(16)7-12(17)18-6/h11,15H,7-10H2,1-6H3. The molecule has 0 radical (unpaired) electrons. The normalized spacial score (nSPS) is 25.6. The summed E-state index contributed by atoms with van der Waals surface area (Å²) in [5.74, 6) is -0.129. The molecule has 0 aromatic rings. The van der Waals surface area contributed by atoms with E-state index in [1.54, 1.807) is 0 Å². The van der Waals surface area contributed by atoms with Crippen LogP contribution in [0.4, 0.5) is 0 Å². The second kappa shape index (κ2) is 5.57. The molecule has 1 unspecified atom stereocenters. The van der Waals surface area contributed by atoms with Gasteiger partial charge < -0.3 is 10.1 Å². The third kappa shape index (κ3) is 4.25. The van der Waals surface area contributed by atoms with Crippen molar-refractivity contribution in [3.63, 3.8) is 0 Å². The van der Waals surface area contributed by atoms with Gasteiger partial charge in [-0.3, -0.25) is 9.69 Å². The van der Waals surface area contributed by atoms with Gasteiger partial charge in [0.05, 0.1) is 13.5 Å². The van der Waals surface area contributed by atoms with Gasteiger partial charge in [-0.1, -0.05) is 13.8 Å². The number of methoxy groups -OCH3 is 1. The first-order valence-electron chi connectivity index (χ1n) is 6.70. The Kier molecular flexibility index (Phi) is 4.78. The Morgan fingerprint density at radius 3 is 2.56 bits per heavy atom. The lowest BCUT2D eigenvalue weighted by Gasteiger charge is -2.43. The molecule has 0 saturated carbocycles. The van der Waals surface area contributed by atoms with Crippen LogP contribution in [0, 0.1) is 5.41 Å². The van der Waals surface area contributed by atoms with Crippen LogP contribution in [-0.4, -0.2) is 49.2 Å². The molecule has 18 heavy (non-hydrogen) atoms. The zero-order valence-corrected chi connectivity index (χ0v) is 12.7. The molecule has 1 N–H and O–H groups in total. The predicted octanol–water partition coefficient (Wildman–Crippen LogP) is 1.65. The molecule has 1 atom stereocenters. The Labute approximate surface area is 111 Å². The van der Waals surface area contributed by atoms with Crippen molar-refractivity contribution >= 4 is 5.97 Å². The highest BCUT2D eigenvalue weighted by molar-refractivity contribution is 5.70. The van der Waals surface area contributed by atoms with Gasteiger partial charge in [0.2, 0.25) is 0 Å². The van der Waals surface area contributed by atoms with Crippen LogP contribution in [-0.2, 0) is 9.53 Å². The molecule has 0 aliphatic carbocycles. The Balaban J connectivity index is 2.87. The lowest BCUT2D eigenvalue weighted by atomic mass is 9.90. The van der Waals surface area contributed by atoms with E-state index < -0.39 is 0 Å². The summed E-state index contributed by atoms with van der Waals surface area (Å²) >= 11 is 0. The number of hydrogen-bond acceptors (Lipinski definition) is 4. The van der Waals surface area contributed by atoms with Crippen molar-refractivity contribution in [3.8, 4) is 0 Å². The van der Waals surface area contributed by atoms with Gasteiger partial charge in [-0.15, -0.1) is 0 Å². The van der Waals surface area contributed by atoms with Crippen LogP contribution in [0.15, 0.2) is 0 Å². The largest absolute Gasteiger partial charge is 0.469 e. The number of hydrogen-bond donors (Lipinski definition) is 1. The Hall–Kier alpha value is -0.610. The van der Waals surface area contributed by atoms with E-state index in [0.29, 0.717) is 6.42 Å². The summed E-state index contributed by atoms with van der Waals surface area (Å²) in [6.07, 6.45) is 0.455. The SMILES string of the molecule is COC(=O)CC1CNCC(C)(C)CN1C(C)(C)C. The van der Waals surface area contributed by atoms with E-state index in [0.717, 1.165) is 19.6 Å². The molecule has 1 aliphatic rings. The highest BCUT2D eigenvalue weighted by atomic mass is 16.5. The van der Waals surface area contributed by atoms with E-state index >= 15 is 0 Å². The van der Waals surface area contributed by atoms with Gasteiger partial charge in [0, 0.05) is 31.2 Å². The van der Waals surface area contributed by atoms with Crippen molar-refractivity contribution in [3.05, 3.63) is 0 Å². The van der Waals surface area contributed by atoms with E-state index in [1.165, 1.54) is 7.11 Å². The van der Waals surface area contributed by atoms with Gasteiger partial charge in [0.15, 0.2) is 0 Å². The maximum Gasteiger partial charge on any atom is 0.307 e. The quantitative estimate of drug-likeness (QED) is 0.763. The Bertz CT molecular complexity index is 295. The number of nitrogens with zero attached hydrogens (tertiary/aromatic N) is 1. The van der Waals surface area contributed by atoms with Crippen molar-refractivity contribution in [2.24, 2.45) is 5.41 Å². The number of rotatable bonds is 2. The topological polar surface area (TPSA) is 41.6 Å². The van der Waals surface area contributed by atoms with E-state index in [2.05, 4.69) is 44.8 Å². The van der Waals surface area contributed by atoms with Crippen molar-refractivity contribution < 1.29 is 9.53 Å². The molecule has 0 spiro atoms. The second-order valence-electron chi connectivity index (χ2n) is 7.03. The fourth-order valence-electron chi connectivity index (χ4n) is 2.58. The Morgan fingerprint density at radius 1 is 1.44 bits per heavy atom. The summed E-state index contributed by atoms with van der Waals surface area (Å²) in [5.41, 5.74) is 0.278. The molecule has 1 rings (SSSR count). The molecular formula is C14H28N2O2. The minimum absolute atomic E-state index is 0.0575. The average molecular weight is 256 g/mol. The van der Waals surface area contributed by atoms with Crippen molar-refractivity contribution in [1.29, 1.82) is 0 Å². The smallest absolute Gasteiger partial charge is 0.307 e. The average Bonchev–Trinajstić information content (AvgIpc) is 2.36. The number of nitrogens with one attached hydrogen (secondary N) is 1. The van der Waals surface area contributed by atoms with E-state index in [9.17, 15) is 4.79 Å².